The van der Waals surface area contributed by atoms with Crippen LogP contribution in [-0.4, -0.2) is 16.6 Å². The smallest absolute Gasteiger partial charge is 0.343 e. The largest absolute Gasteiger partial charge is 0.456 e. The first-order valence-electron chi connectivity index (χ1n) is 4.34. The zero-order chi connectivity index (χ0) is 11.6. The number of pyridine rings is 1. The van der Waals surface area contributed by atoms with Crippen LogP contribution >= 0.6 is 0 Å². The Hall–Kier alpha value is -1.52. The van der Waals surface area contributed by atoms with Crippen molar-refractivity contribution in [3.8, 4) is 0 Å². The van der Waals surface area contributed by atoms with Crippen LogP contribution in [0.2, 0.25) is 0 Å². The summed E-state index contributed by atoms with van der Waals surface area (Å²) in [4.78, 5) is 14.5. The second kappa shape index (κ2) is 3.92. The van der Waals surface area contributed by atoms with E-state index in [1.54, 1.807) is 20.8 Å². The van der Waals surface area contributed by atoms with Gasteiger partial charge < -0.3 is 4.74 Å². The van der Waals surface area contributed by atoms with E-state index in [1.807, 2.05) is 0 Å². The van der Waals surface area contributed by atoms with Crippen LogP contribution in [0.4, 0.5) is 8.78 Å². The summed E-state index contributed by atoms with van der Waals surface area (Å²) in [6.07, 6.45) is 0.698. The Balaban J connectivity index is 2.96. The summed E-state index contributed by atoms with van der Waals surface area (Å²) in [6, 6.07) is 0.760. The van der Waals surface area contributed by atoms with E-state index in [-0.39, 0.29) is 0 Å². The van der Waals surface area contributed by atoms with Crippen molar-refractivity contribution in [3.63, 3.8) is 0 Å². The number of carbonyl (C=O) groups excluding carboxylic acids is 1. The molecule has 1 heterocycles. The number of rotatable bonds is 1. The Morgan fingerprint density at radius 2 is 2.00 bits per heavy atom. The van der Waals surface area contributed by atoms with Gasteiger partial charge in [-0.3, -0.25) is 0 Å². The van der Waals surface area contributed by atoms with Gasteiger partial charge in [0.05, 0.1) is 6.20 Å². The predicted molar refractivity (Wildman–Crippen MR) is 49.3 cm³/mol. The third-order valence-corrected chi connectivity index (χ3v) is 1.42. The van der Waals surface area contributed by atoms with E-state index in [0.29, 0.717) is 6.20 Å². The van der Waals surface area contributed by atoms with Crippen LogP contribution in [0.3, 0.4) is 0 Å². The lowest BCUT2D eigenvalue weighted by molar-refractivity contribution is 0.00630. The van der Waals surface area contributed by atoms with Crippen LogP contribution in [0.5, 0.6) is 0 Å². The van der Waals surface area contributed by atoms with Crippen molar-refractivity contribution in [2.24, 2.45) is 0 Å². The Labute approximate surface area is 86.1 Å². The minimum atomic E-state index is -1.04. The number of esters is 1. The topological polar surface area (TPSA) is 39.2 Å². The van der Waals surface area contributed by atoms with Crippen LogP contribution in [-0.2, 0) is 4.74 Å². The summed E-state index contributed by atoms with van der Waals surface area (Å²) in [5.74, 6) is -2.74. The summed E-state index contributed by atoms with van der Waals surface area (Å²) in [5, 5.41) is 0. The molecule has 0 N–H and O–H groups in total. The third-order valence-electron chi connectivity index (χ3n) is 1.42. The lowest BCUT2D eigenvalue weighted by atomic mass is 10.2. The summed E-state index contributed by atoms with van der Waals surface area (Å²) < 4.78 is 30.6. The van der Waals surface area contributed by atoms with Crippen molar-refractivity contribution >= 4 is 5.97 Å². The standard InChI is InChI=1S/C10H11F2NO2/c1-10(2,3)15-9(14)7-4-6(11)5-13-8(7)12/h4-5H,1-3H3. The SMILES string of the molecule is CC(C)(C)OC(=O)c1cc(F)cnc1F. The van der Waals surface area contributed by atoms with Gasteiger partial charge in [-0.2, -0.15) is 4.39 Å². The van der Waals surface area contributed by atoms with E-state index < -0.39 is 28.9 Å². The summed E-state index contributed by atoms with van der Waals surface area (Å²) in [5.41, 5.74) is -1.25. The van der Waals surface area contributed by atoms with Gasteiger partial charge in [0.15, 0.2) is 0 Å². The summed E-state index contributed by atoms with van der Waals surface area (Å²) in [6.45, 7) is 4.90. The van der Waals surface area contributed by atoms with Crippen molar-refractivity contribution in [2.75, 3.05) is 0 Å². The zero-order valence-corrected chi connectivity index (χ0v) is 8.67. The second-order valence-corrected chi connectivity index (χ2v) is 3.99. The molecular weight excluding hydrogens is 204 g/mol. The predicted octanol–water partition coefficient (Wildman–Crippen LogP) is 2.32. The highest BCUT2D eigenvalue weighted by atomic mass is 19.1. The molecule has 0 unspecified atom stereocenters. The molecule has 1 rings (SSSR count). The van der Waals surface area contributed by atoms with E-state index >= 15 is 0 Å². The highest BCUT2D eigenvalue weighted by Crippen LogP contribution is 2.14. The minimum Gasteiger partial charge on any atom is -0.456 e. The molecule has 15 heavy (non-hydrogen) atoms. The average Bonchev–Trinajstić information content (AvgIpc) is 2.06. The van der Waals surface area contributed by atoms with Gasteiger partial charge >= 0.3 is 5.97 Å². The molecule has 0 aromatic carbocycles. The molecule has 0 atom stereocenters. The van der Waals surface area contributed by atoms with E-state index in [9.17, 15) is 13.6 Å². The fourth-order valence-electron chi connectivity index (χ4n) is 0.899. The third kappa shape index (κ3) is 3.27. The first kappa shape index (κ1) is 11.6. The van der Waals surface area contributed by atoms with Crippen molar-refractivity contribution in [3.05, 3.63) is 29.6 Å². The Morgan fingerprint density at radius 3 is 2.53 bits per heavy atom. The maximum absolute atomic E-state index is 13.0. The summed E-state index contributed by atoms with van der Waals surface area (Å²) >= 11 is 0. The van der Waals surface area contributed by atoms with Gasteiger partial charge in [-0.1, -0.05) is 0 Å². The van der Waals surface area contributed by atoms with Crippen molar-refractivity contribution < 1.29 is 18.3 Å². The first-order chi connectivity index (χ1) is 6.79. The normalized spacial score (nSPS) is 11.3. The lowest BCUT2D eigenvalue weighted by Gasteiger charge is -2.19. The number of ether oxygens (including phenoxy) is 1. The molecule has 3 nitrogen and oxygen atoms in total. The van der Waals surface area contributed by atoms with Gasteiger partial charge in [0.1, 0.15) is 17.0 Å². The molecule has 82 valence electrons. The molecule has 0 saturated carbocycles. The average molecular weight is 215 g/mol. The van der Waals surface area contributed by atoms with Gasteiger partial charge in [-0.25, -0.2) is 14.2 Å². The minimum absolute atomic E-state index is 0.495. The number of carbonyl (C=O) groups is 1. The molecule has 0 fully saturated rings. The van der Waals surface area contributed by atoms with Crippen LogP contribution in [0, 0.1) is 11.8 Å². The first-order valence-corrected chi connectivity index (χ1v) is 4.34. The number of hydrogen-bond acceptors (Lipinski definition) is 3. The molecule has 0 aliphatic rings. The lowest BCUT2D eigenvalue weighted by Crippen LogP contribution is -2.24. The van der Waals surface area contributed by atoms with Crippen LogP contribution in [0.1, 0.15) is 31.1 Å². The van der Waals surface area contributed by atoms with Gasteiger partial charge in [0.25, 0.3) is 0 Å². The Kier molecular flexibility index (Phi) is 3.02. The van der Waals surface area contributed by atoms with Crippen LogP contribution < -0.4 is 0 Å². The highest BCUT2D eigenvalue weighted by Gasteiger charge is 2.21. The molecule has 5 heteroatoms. The number of aromatic nitrogens is 1. The second-order valence-electron chi connectivity index (χ2n) is 3.99. The van der Waals surface area contributed by atoms with E-state index in [0.717, 1.165) is 6.07 Å². The monoisotopic (exact) mass is 215 g/mol. The molecule has 0 radical (unpaired) electrons. The van der Waals surface area contributed by atoms with Gasteiger partial charge in [0.2, 0.25) is 5.95 Å². The number of hydrogen-bond donors (Lipinski definition) is 0. The Bertz CT molecular complexity index is 385. The van der Waals surface area contributed by atoms with Crippen LogP contribution in [0.15, 0.2) is 12.3 Å². The van der Waals surface area contributed by atoms with Crippen molar-refractivity contribution in [1.82, 2.24) is 4.98 Å². The number of nitrogens with zero attached hydrogens (tertiary/aromatic N) is 1. The molecule has 0 aliphatic carbocycles. The molecular formula is C10H11F2NO2. The highest BCUT2D eigenvalue weighted by molar-refractivity contribution is 5.89. The molecule has 0 amide bonds. The summed E-state index contributed by atoms with van der Waals surface area (Å²) in [7, 11) is 0. The van der Waals surface area contributed by atoms with E-state index in [4.69, 9.17) is 4.74 Å². The van der Waals surface area contributed by atoms with Crippen molar-refractivity contribution in [1.29, 1.82) is 0 Å². The van der Waals surface area contributed by atoms with Crippen molar-refractivity contribution in [2.45, 2.75) is 26.4 Å². The van der Waals surface area contributed by atoms with Gasteiger partial charge in [-0.15, -0.1) is 0 Å². The van der Waals surface area contributed by atoms with Gasteiger partial charge in [0, 0.05) is 0 Å². The zero-order valence-electron chi connectivity index (χ0n) is 8.67. The van der Waals surface area contributed by atoms with E-state index in [2.05, 4.69) is 4.98 Å². The van der Waals surface area contributed by atoms with E-state index in [1.165, 1.54) is 0 Å². The number of halogens is 2. The molecule has 0 saturated heterocycles. The fraction of sp³-hybridized carbons (Fsp3) is 0.400. The maximum atomic E-state index is 13.0. The van der Waals surface area contributed by atoms with Crippen LogP contribution in [0.25, 0.3) is 0 Å². The molecule has 0 bridgehead atoms. The molecule has 1 aromatic rings. The molecule has 1 aromatic heterocycles. The molecule has 0 aliphatic heterocycles. The maximum Gasteiger partial charge on any atom is 0.343 e. The quantitative estimate of drug-likeness (QED) is 0.533. The van der Waals surface area contributed by atoms with Gasteiger partial charge in [-0.05, 0) is 26.8 Å². The Morgan fingerprint density at radius 1 is 1.40 bits per heavy atom. The molecule has 0 spiro atoms. The fourth-order valence-corrected chi connectivity index (χ4v) is 0.899.